The number of hydrogen-bond acceptors (Lipinski definition) is 7. The van der Waals surface area contributed by atoms with E-state index < -0.39 is 16.1 Å². The van der Waals surface area contributed by atoms with Gasteiger partial charge in [-0.2, -0.15) is 9.29 Å². The van der Waals surface area contributed by atoms with Crippen molar-refractivity contribution in [3.05, 3.63) is 53.2 Å². The number of morpholine rings is 1. The molecule has 1 aromatic carbocycles. The second-order valence-corrected chi connectivity index (χ2v) is 8.85. The molecule has 3 heterocycles. The van der Waals surface area contributed by atoms with Gasteiger partial charge in [-0.15, -0.1) is 11.3 Å². The van der Waals surface area contributed by atoms with Crippen molar-refractivity contribution in [2.75, 3.05) is 19.7 Å². The number of benzene rings is 1. The van der Waals surface area contributed by atoms with Crippen LogP contribution in [-0.2, 0) is 14.8 Å². The van der Waals surface area contributed by atoms with Gasteiger partial charge in [-0.1, -0.05) is 28.9 Å². The zero-order valence-corrected chi connectivity index (χ0v) is 15.7. The predicted molar refractivity (Wildman–Crippen MR) is 96.2 cm³/mol. The Morgan fingerprint density at radius 3 is 2.77 bits per heavy atom. The van der Waals surface area contributed by atoms with Crippen LogP contribution in [0.25, 0.3) is 10.7 Å². The summed E-state index contributed by atoms with van der Waals surface area (Å²) in [5.74, 6) is 0.773. The largest absolute Gasteiger partial charge is 0.366 e. The maximum atomic E-state index is 12.9. The van der Waals surface area contributed by atoms with Crippen LogP contribution in [0.3, 0.4) is 0 Å². The highest BCUT2D eigenvalue weighted by Crippen LogP contribution is 2.28. The van der Waals surface area contributed by atoms with Crippen LogP contribution in [0.2, 0.25) is 0 Å². The van der Waals surface area contributed by atoms with E-state index in [1.165, 1.54) is 15.6 Å². The van der Waals surface area contributed by atoms with E-state index in [-0.39, 0.29) is 23.9 Å². The zero-order chi connectivity index (χ0) is 18.1. The average Bonchev–Trinajstić information content (AvgIpc) is 3.34. The van der Waals surface area contributed by atoms with Gasteiger partial charge >= 0.3 is 0 Å². The SMILES string of the molecule is Cc1ccc(S(=O)(=O)N2CCO[C@H](c3nc(-c4cccs4)no3)C2)cc1. The van der Waals surface area contributed by atoms with Crippen LogP contribution >= 0.6 is 11.3 Å². The highest BCUT2D eigenvalue weighted by atomic mass is 32.2. The molecule has 26 heavy (non-hydrogen) atoms. The van der Waals surface area contributed by atoms with Crippen molar-refractivity contribution < 1.29 is 17.7 Å². The van der Waals surface area contributed by atoms with Gasteiger partial charge in [0.1, 0.15) is 0 Å². The number of aromatic nitrogens is 2. The maximum absolute atomic E-state index is 12.9. The maximum Gasteiger partial charge on any atom is 0.257 e. The van der Waals surface area contributed by atoms with E-state index in [0.29, 0.717) is 12.4 Å². The molecule has 0 N–H and O–H groups in total. The highest BCUT2D eigenvalue weighted by molar-refractivity contribution is 7.89. The van der Waals surface area contributed by atoms with Crippen molar-refractivity contribution >= 4 is 21.4 Å². The minimum atomic E-state index is -3.59. The third kappa shape index (κ3) is 3.30. The second-order valence-electron chi connectivity index (χ2n) is 5.97. The van der Waals surface area contributed by atoms with Crippen molar-refractivity contribution in [2.45, 2.75) is 17.9 Å². The molecule has 0 aliphatic carbocycles. The fourth-order valence-electron chi connectivity index (χ4n) is 2.72. The van der Waals surface area contributed by atoms with Gasteiger partial charge in [0.15, 0.2) is 6.10 Å². The van der Waals surface area contributed by atoms with E-state index in [2.05, 4.69) is 10.1 Å². The minimum Gasteiger partial charge on any atom is -0.366 e. The van der Waals surface area contributed by atoms with Crippen molar-refractivity contribution in [3.63, 3.8) is 0 Å². The molecule has 136 valence electrons. The molecule has 0 saturated carbocycles. The van der Waals surface area contributed by atoms with Crippen LogP contribution in [0, 0.1) is 6.92 Å². The third-order valence-corrected chi connectivity index (χ3v) is 6.89. The van der Waals surface area contributed by atoms with Gasteiger partial charge in [0.05, 0.1) is 16.4 Å². The number of thiophene rings is 1. The van der Waals surface area contributed by atoms with E-state index in [1.54, 1.807) is 24.3 Å². The summed E-state index contributed by atoms with van der Waals surface area (Å²) in [7, 11) is -3.59. The molecule has 0 amide bonds. The fraction of sp³-hybridized carbons (Fsp3) is 0.294. The normalized spacial score (nSPS) is 18.9. The molecule has 7 nitrogen and oxygen atoms in total. The van der Waals surface area contributed by atoms with Gasteiger partial charge in [-0.05, 0) is 30.5 Å². The van der Waals surface area contributed by atoms with Crippen molar-refractivity contribution in [3.8, 4) is 10.7 Å². The van der Waals surface area contributed by atoms with E-state index >= 15 is 0 Å². The molecule has 1 aliphatic rings. The molecule has 1 fully saturated rings. The Bertz CT molecular complexity index is 981. The zero-order valence-electron chi connectivity index (χ0n) is 14.0. The lowest BCUT2D eigenvalue weighted by Crippen LogP contribution is -2.42. The molecule has 0 bridgehead atoms. The van der Waals surface area contributed by atoms with Gasteiger partial charge < -0.3 is 9.26 Å². The molecule has 1 saturated heterocycles. The number of rotatable bonds is 4. The van der Waals surface area contributed by atoms with Crippen LogP contribution in [0.1, 0.15) is 17.6 Å². The molecule has 9 heteroatoms. The van der Waals surface area contributed by atoms with Crippen LogP contribution in [0.15, 0.2) is 51.2 Å². The van der Waals surface area contributed by atoms with Gasteiger partial charge in [0.2, 0.25) is 15.8 Å². The number of hydrogen-bond donors (Lipinski definition) is 0. The Hall–Kier alpha value is -2.07. The number of ether oxygens (including phenoxy) is 1. The van der Waals surface area contributed by atoms with Crippen molar-refractivity contribution in [1.82, 2.24) is 14.4 Å². The summed E-state index contributed by atoms with van der Waals surface area (Å²) in [6.07, 6.45) is -0.579. The van der Waals surface area contributed by atoms with Crippen LogP contribution < -0.4 is 0 Å². The lowest BCUT2D eigenvalue weighted by atomic mass is 10.2. The second kappa shape index (κ2) is 6.92. The van der Waals surface area contributed by atoms with Crippen LogP contribution in [0.5, 0.6) is 0 Å². The Morgan fingerprint density at radius 1 is 1.23 bits per heavy atom. The summed E-state index contributed by atoms with van der Waals surface area (Å²) in [5.41, 5.74) is 1.01. The average molecular weight is 391 g/mol. The number of nitrogens with zero attached hydrogens (tertiary/aromatic N) is 3. The quantitative estimate of drug-likeness (QED) is 0.680. The first-order valence-corrected chi connectivity index (χ1v) is 10.4. The molecule has 2 aromatic heterocycles. The summed E-state index contributed by atoms with van der Waals surface area (Å²) in [4.78, 5) is 5.52. The van der Waals surface area contributed by atoms with E-state index in [9.17, 15) is 8.42 Å². The Balaban J connectivity index is 1.55. The molecule has 0 spiro atoms. The summed E-state index contributed by atoms with van der Waals surface area (Å²) in [5, 5.41) is 5.89. The van der Waals surface area contributed by atoms with Crippen LogP contribution in [0.4, 0.5) is 0 Å². The van der Waals surface area contributed by atoms with Gasteiger partial charge in [-0.25, -0.2) is 8.42 Å². The first kappa shape index (κ1) is 17.3. The van der Waals surface area contributed by atoms with Gasteiger partial charge in [0, 0.05) is 13.1 Å². The summed E-state index contributed by atoms with van der Waals surface area (Å²) in [6, 6.07) is 10.6. The fourth-order valence-corrected chi connectivity index (χ4v) is 4.80. The predicted octanol–water partition coefficient (Wildman–Crippen LogP) is 2.87. The molecule has 1 aliphatic heterocycles. The first-order valence-electron chi connectivity index (χ1n) is 8.10. The molecule has 3 aromatic rings. The topological polar surface area (TPSA) is 85.5 Å². The Labute approximate surface area is 155 Å². The molecular formula is C17H17N3O4S2. The number of sulfonamides is 1. The lowest BCUT2D eigenvalue weighted by molar-refractivity contribution is -0.0199. The summed E-state index contributed by atoms with van der Waals surface area (Å²) < 4.78 is 38.1. The molecule has 0 radical (unpaired) electrons. The van der Waals surface area contributed by atoms with E-state index in [4.69, 9.17) is 9.26 Å². The minimum absolute atomic E-state index is 0.141. The molecule has 4 rings (SSSR count). The summed E-state index contributed by atoms with van der Waals surface area (Å²) in [6.45, 7) is 2.62. The molecule has 1 atom stereocenters. The third-order valence-electron chi connectivity index (χ3n) is 4.15. The van der Waals surface area contributed by atoms with Crippen molar-refractivity contribution in [1.29, 1.82) is 0 Å². The van der Waals surface area contributed by atoms with Gasteiger partial charge in [0.25, 0.3) is 5.89 Å². The molecule has 0 unspecified atom stereocenters. The number of aryl methyl sites for hydroxylation is 1. The van der Waals surface area contributed by atoms with E-state index in [0.717, 1.165) is 10.4 Å². The smallest absolute Gasteiger partial charge is 0.257 e. The highest BCUT2D eigenvalue weighted by Gasteiger charge is 2.34. The van der Waals surface area contributed by atoms with Crippen LogP contribution in [-0.4, -0.2) is 42.6 Å². The summed E-state index contributed by atoms with van der Waals surface area (Å²) >= 11 is 1.51. The monoisotopic (exact) mass is 391 g/mol. The molecular weight excluding hydrogens is 374 g/mol. The van der Waals surface area contributed by atoms with E-state index in [1.807, 2.05) is 24.4 Å². The van der Waals surface area contributed by atoms with Crippen molar-refractivity contribution in [2.24, 2.45) is 0 Å². The Kier molecular flexibility index (Phi) is 4.62. The standard InChI is InChI=1S/C17H17N3O4S2/c1-12-4-6-13(7-5-12)26(21,22)20-8-9-23-14(11-20)17-18-16(19-24-17)15-3-2-10-25-15/h2-7,10,14H,8-9,11H2,1H3/t14-/m0/s1. The Morgan fingerprint density at radius 2 is 2.04 bits per heavy atom. The van der Waals surface area contributed by atoms with Gasteiger partial charge in [-0.3, -0.25) is 0 Å². The lowest BCUT2D eigenvalue weighted by Gasteiger charge is -2.30. The first-order chi connectivity index (χ1) is 12.5.